The molecule has 1 aliphatic heterocycles. The van der Waals surface area contributed by atoms with E-state index in [1.54, 1.807) is 45.0 Å². The second-order valence-electron chi connectivity index (χ2n) is 7.13. The van der Waals surface area contributed by atoms with Crippen molar-refractivity contribution in [3.05, 3.63) is 29.8 Å². The highest BCUT2D eigenvalue weighted by atomic mass is 79.9. The standard InChI is InChI=1S/C17H25BrN2O4S/c1-17(2,3)24-16(21)19-14-5-4-10-20(12-14)25(22,23)15-8-6-13(11-18)7-9-15/h6-9,14H,4-5,10-12H2,1-3H3,(H,19,21)/t14-/m1/s1. The van der Waals surface area contributed by atoms with Crippen molar-refractivity contribution in [2.75, 3.05) is 13.1 Å². The van der Waals surface area contributed by atoms with Crippen molar-refractivity contribution in [2.24, 2.45) is 0 Å². The van der Waals surface area contributed by atoms with Crippen molar-refractivity contribution in [3.8, 4) is 0 Å². The molecule has 6 nitrogen and oxygen atoms in total. The third-order valence-electron chi connectivity index (χ3n) is 3.82. The number of benzene rings is 1. The molecule has 1 amide bonds. The van der Waals surface area contributed by atoms with E-state index in [1.807, 2.05) is 0 Å². The molecular formula is C17H25BrN2O4S. The van der Waals surface area contributed by atoms with Gasteiger partial charge in [-0.15, -0.1) is 0 Å². The monoisotopic (exact) mass is 432 g/mol. The zero-order valence-corrected chi connectivity index (χ0v) is 17.2. The molecule has 0 saturated carbocycles. The van der Waals surface area contributed by atoms with E-state index in [4.69, 9.17) is 4.74 Å². The first-order valence-electron chi connectivity index (χ1n) is 8.26. The molecule has 140 valence electrons. The zero-order valence-electron chi connectivity index (χ0n) is 14.8. The number of sulfonamides is 1. The van der Waals surface area contributed by atoms with Crippen LogP contribution < -0.4 is 5.32 Å². The van der Waals surface area contributed by atoms with Gasteiger partial charge in [0.1, 0.15) is 5.60 Å². The number of nitrogens with one attached hydrogen (secondary N) is 1. The average Bonchev–Trinajstić information content (AvgIpc) is 2.53. The SMILES string of the molecule is CC(C)(C)OC(=O)N[C@@H]1CCCN(S(=O)(=O)c2ccc(CBr)cc2)C1. The van der Waals surface area contributed by atoms with Crippen LogP contribution in [-0.4, -0.2) is 43.5 Å². The fraction of sp³-hybridized carbons (Fsp3) is 0.588. The Hall–Kier alpha value is -1.12. The van der Waals surface area contributed by atoms with Crippen molar-refractivity contribution in [3.63, 3.8) is 0 Å². The number of nitrogens with zero attached hydrogens (tertiary/aromatic N) is 1. The second-order valence-corrected chi connectivity index (χ2v) is 9.62. The molecule has 2 rings (SSSR count). The Morgan fingerprint density at radius 3 is 2.52 bits per heavy atom. The molecule has 1 atom stereocenters. The van der Waals surface area contributed by atoms with Crippen molar-refractivity contribution < 1.29 is 17.9 Å². The molecule has 0 aromatic heterocycles. The lowest BCUT2D eigenvalue weighted by Gasteiger charge is -2.32. The summed E-state index contributed by atoms with van der Waals surface area (Å²) in [7, 11) is -3.56. The van der Waals surface area contributed by atoms with E-state index in [0.29, 0.717) is 18.3 Å². The lowest BCUT2D eigenvalue weighted by molar-refractivity contribution is 0.0487. The van der Waals surface area contributed by atoms with E-state index in [9.17, 15) is 13.2 Å². The molecule has 1 heterocycles. The fourth-order valence-corrected chi connectivity index (χ4v) is 4.55. The number of hydrogen-bond acceptors (Lipinski definition) is 4. The fourth-order valence-electron chi connectivity index (χ4n) is 2.65. The van der Waals surface area contributed by atoms with Gasteiger partial charge in [-0.3, -0.25) is 0 Å². The zero-order chi connectivity index (χ0) is 18.7. The predicted molar refractivity (Wildman–Crippen MR) is 100 cm³/mol. The minimum Gasteiger partial charge on any atom is -0.444 e. The number of carbonyl (C=O) groups is 1. The van der Waals surface area contributed by atoms with Crippen LogP contribution in [0, 0.1) is 0 Å². The molecule has 1 aromatic rings. The van der Waals surface area contributed by atoms with Crippen LogP contribution in [0.2, 0.25) is 0 Å². The van der Waals surface area contributed by atoms with Crippen LogP contribution >= 0.6 is 15.9 Å². The van der Waals surface area contributed by atoms with Crippen molar-refractivity contribution in [1.82, 2.24) is 9.62 Å². The molecule has 1 saturated heterocycles. The molecule has 0 bridgehead atoms. The second kappa shape index (κ2) is 8.05. The number of piperidine rings is 1. The number of alkyl carbamates (subject to hydrolysis) is 1. The minimum absolute atomic E-state index is 0.250. The topological polar surface area (TPSA) is 75.7 Å². The summed E-state index contributed by atoms with van der Waals surface area (Å²) in [5, 5.41) is 3.45. The first-order chi connectivity index (χ1) is 11.6. The molecule has 1 aliphatic rings. The maximum atomic E-state index is 12.8. The van der Waals surface area contributed by atoms with Gasteiger partial charge < -0.3 is 10.1 Å². The molecule has 0 spiro atoms. The molecular weight excluding hydrogens is 408 g/mol. The highest BCUT2D eigenvalue weighted by Crippen LogP contribution is 2.22. The molecule has 1 N–H and O–H groups in total. The van der Waals surface area contributed by atoms with Crippen molar-refractivity contribution in [2.45, 2.75) is 55.5 Å². The van der Waals surface area contributed by atoms with Gasteiger partial charge in [0.25, 0.3) is 0 Å². The summed E-state index contributed by atoms with van der Waals surface area (Å²) < 4.78 is 32.3. The number of carbonyl (C=O) groups excluding carboxylic acids is 1. The number of rotatable bonds is 4. The largest absolute Gasteiger partial charge is 0.444 e. The molecule has 8 heteroatoms. The summed E-state index contributed by atoms with van der Waals surface area (Å²) in [5.74, 6) is 0. The Labute approximate surface area is 158 Å². The summed E-state index contributed by atoms with van der Waals surface area (Å²) in [6.07, 6.45) is 0.908. The Morgan fingerprint density at radius 2 is 1.96 bits per heavy atom. The van der Waals surface area contributed by atoms with Gasteiger partial charge >= 0.3 is 6.09 Å². The molecule has 25 heavy (non-hydrogen) atoms. The average molecular weight is 433 g/mol. The number of hydrogen-bond donors (Lipinski definition) is 1. The molecule has 0 unspecified atom stereocenters. The Kier molecular flexibility index (Phi) is 6.51. The third-order valence-corrected chi connectivity index (χ3v) is 6.35. The molecule has 1 aromatic carbocycles. The maximum Gasteiger partial charge on any atom is 0.407 e. The summed E-state index contributed by atoms with van der Waals surface area (Å²) in [6.45, 7) is 6.08. The smallest absolute Gasteiger partial charge is 0.407 e. The van der Waals surface area contributed by atoms with Crippen LogP contribution in [0.3, 0.4) is 0 Å². The lowest BCUT2D eigenvalue weighted by atomic mass is 10.1. The van der Waals surface area contributed by atoms with Gasteiger partial charge in [0.05, 0.1) is 4.90 Å². The number of alkyl halides is 1. The summed E-state index contributed by atoms with van der Waals surface area (Å²) in [5.41, 5.74) is 0.434. The van der Waals surface area contributed by atoms with Gasteiger partial charge in [0.2, 0.25) is 10.0 Å². The van der Waals surface area contributed by atoms with Crippen LogP contribution in [0.5, 0.6) is 0 Å². The molecule has 0 radical (unpaired) electrons. The third kappa shape index (κ3) is 5.69. The van der Waals surface area contributed by atoms with Crippen molar-refractivity contribution in [1.29, 1.82) is 0 Å². The summed E-state index contributed by atoms with van der Waals surface area (Å²) >= 11 is 3.35. The van der Waals surface area contributed by atoms with Gasteiger partial charge in [-0.1, -0.05) is 28.1 Å². The van der Waals surface area contributed by atoms with E-state index in [0.717, 1.165) is 12.0 Å². The van der Waals surface area contributed by atoms with E-state index >= 15 is 0 Å². The quantitative estimate of drug-likeness (QED) is 0.740. The Morgan fingerprint density at radius 1 is 1.32 bits per heavy atom. The Balaban J connectivity index is 2.05. The normalized spacial score (nSPS) is 19.4. The van der Waals surface area contributed by atoms with E-state index in [2.05, 4.69) is 21.2 Å². The van der Waals surface area contributed by atoms with Gasteiger partial charge in [0.15, 0.2) is 0 Å². The first-order valence-corrected chi connectivity index (χ1v) is 10.8. The van der Waals surface area contributed by atoms with E-state index < -0.39 is 21.7 Å². The van der Waals surface area contributed by atoms with Gasteiger partial charge in [-0.2, -0.15) is 4.31 Å². The van der Waals surface area contributed by atoms with Crippen LogP contribution in [0.4, 0.5) is 4.79 Å². The number of halogens is 1. The highest BCUT2D eigenvalue weighted by molar-refractivity contribution is 9.08. The van der Waals surface area contributed by atoms with E-state index in [-0.39, 0.29) is 17.5 Å². The predicted octanol–water partition coefficient (Wildman–Crippen LogP) is 3.26. The number of ether oxygens (including phenoxy) is 1. The Bertz CT molecular complexity index is 698. The van der Waals surface area contributed by atoms with Crippen LogP contribution in [0.25, 0.3) is 0 Å². The van der Waals surface area contributed by atoms with Crippen LogP contribution in [0.1, 0.15) is 39.2 Å². The van der Waals surface area contributed by atoms with Gasteiger partial charge in [0, 0.05) is 24.5 Å². The number of amides is 1. The lowest BCUT2D eigenvalue weighted by Crippen LogP contribution is -2.50. The highest BCUT2D eigenvalue weighted by Gasteiger charge is 2.31. The van der Waals surface area contributed by atoms with Crippen molar-refractivity contribution >= 4 is 32.0 Å². The van der Waals surface area contributed by atoms with E-state index in [1.165, 1.54) is 4.31 Å². The molecule has 0 aliphatic carbocycles. The maximum absolute atomic E-state index is 12.8. The van der Waals surface area contributed by atoms with Crippen LogP contribution in [0.15, 0.2) is 29.2 Å². The van der Waals surface area contributed by atoms with Gasteiger partial charge in [-0.25, -0.2) is 13.2 Å². The summed E-state index contributed by atoms with van der Waals surface area (Å²) in [4.78, 5) is 12.2. The molecule has 1 fully saturated rings. The first kappa shape index (κ1) is 20.2. The van der Waals surface area contributed by atoms with Gasteiger partial charge in [-0.05, 0) is 51.3 Å². The summed E-state index contributed by atoms with van der Waals surface area (Å²) in [6, 6.07) is 6.58. The van der Waals surface area contributed by atoms with Crippen LogP contribution in [-0.2, 0) is 20.1 Å². The minimum atomic E-state index is -3.56.